The molecule has 1 aromatic heterocycles. The molecule has 0 fully saturated rings. The second-order valence-electron chi connectivity index (χ2n) is 4.39. The van der Waals surface area contributed by atoms with Crippen LogP contribution in [0.4, 0.5) is 0 Å². The smallest absolute Gasteiger partial charge is 0.320 e. The number of carbonyl (C=O) groups is 1. The highest BCUT2D eigenvalue weighted by Crippen LogP contribution is 2.06. The van der Waals surface area contributed by atoms with Crippen molar-refractivity contribution in [1.82, 2.24) is 0 Å². The molecule has 0 bridgehead atoms. The molecule has 0 aliphatic rings. The molecule has 0 spiro atoms. The summed E-state index contributed by atoms with van der Waals surface area (Å²) in [7, 11) is 0. The molecular weight excluding hydrogens is 246 g/mol. The first-order valence-electron chi connectivity index (χ1n) is 5.88. The van der Waals surface area contributed by atoms with Crippen molar-refractivity contribution >= 4 is 16.9 Å². The van der Waals surface area contributed by atoms with E-state index < -0.39 is 12.0 Å². The van der Waals surface area contributed by atoms with E-state index in [2.05, 4.69) is 0 Å². The molecule has 1 heterocycles. The molecule has 0 saturated carbocycles. The van der Waals surface area contributed by atoms with E-state index in [9.17, 15) is 9.59 Å². The summed E-state index contributed by atoms with van der Waals surface area (Å²) in [5.41, 5.74) is 5.80. The molecule has 5 heteroatoms. The number of nitrogens with two attached hydrogens (primary N) is 1. The number of carboxylic acids is 1. The van der Waals surface area contributed by atoms with Crippen LogP contribution >= 0.6 is 0 Å². The van der Waals surface area contributed by atoms with Gasteiger partial charge in [-0.2, -0.15) is 0 Å². The van der Waals surface area contributed by atoms with E-state index in [1.165, 1.54) is 12.3 Å². The highest BCUT2D eigenvalue weighted by molar-refractivity contribution is 5.75. The predicted molar refractivity (Wildman–Crippen MR) is 72.9 cm³/mol. The lowest BCUT2D eigenvalue weighted by molar-refractivity contribution is -0.139. The van der Waals surface area contributed by atoms with Gasteiger partial charge in [-0.1, -0.05) is 26.0 Å². The number of rotatable bonds is 2. The maximum Gasteiger partial charge on any atom is 0.320 e. The van der Waals surface area contributed by atoms with Crippen LogP contribution in [0.2, 0.25) is 0 Å². The van der Waals surface area contributed by atoms with Gasteiger partial charge >= 0.3 is 5.97 Å². The summed E-state index contributed by atoms with van der Waals surface area (Å²) in [6.07, 6.45) is 1.41. The molecule has 2 aromatic rings. The summed E-state index contributed by atoms with van der Waals surface area (Å²) in [5.74, 6) is -0.910. The summed E-state index contributed by atoms with van der Waals surface area (Å²) in [5, 5.41) is 8.86. The molecule has 2 rings (SSSR count). The predicted octanol–water partition coefficient (Wildman–Crippen LogP) is 1.85. The van der Waals surface area contributed by atoms with E-state index in [0.29, 0.717) is 11.0 Å². The van der Waals surface area contributed by atoms with E-state index in [0.717, 1.165) is 0 Å². The number of para-hydroxylation sites is 1. The van der Waals surface area contributed by atoms with Gasteiger partial charge in [-0.15, -0.1) is 0 Å². The van der Waals surface area contributed by atoms with Crippen molar-refractivity contribution in [1.29, 1.82) is 0 Å². The van der Waals surface area contributed by atoms with Crippen molar-refractivity contribution < 1.29 is 14.3 Å². The Morgan fingerprint density at radius 1 is 1.26 bits per heavy atom. The van der Waals surface area contributed by atoms with Crippen LogP contribution in [0, 0.1) is 5.92 Å². The van der Waals surface area contributed by atoms with Gasteiger partial charge in [-0.05, 0) is 18.1 Å². The summed E-state index contributed by atoms with van der Waals surface area (Å²) in [6.45, 7) is 3.55. The number of fused-ring (bicyclic) bond motifs is 1. The van der Waals surface area contributed by atoms with Crippen LogP contribution in [0.3, 0.4) is 0 Å². The number of carboxylic acid groups (broad SMARTS) is 1. The third kappa shape index (κ3) is 4.22. The minimum atomic E-state index is -0.931. The van der Waals surface area contributed by atoms with Gasteiger partial charge in [0.25, 0.3) is 0 Å². The first-order chi connectivity index (χ1) is 8.93. The van der Waals surface area contributed by atoms with E-state index in [1.54, 1.807) is 26.0 Å². The van der Waals surface area contributed by atoms with E-state index in [-0.39, 0.29) is 11.3 Å². The maximum absolute atomic E-state index is 11.1. The third-order valence-electron chi connectivity index (χ3n) is 2.57. The van der Waals surface area contributed by atoms with Gasteiger partial charge < -0.3 is 15.3 Å². The summed E-state index contributed by atoms with van der Waals surface area (Å²) in [6, 6.07) is 7.89. The average Bonchev–Trinajstić information content (AvgIpc) is 2.39. The Bertz CT molecular complexity index is 598. The van der Waals surface area contributed by atoms with Crippen LogP contribution in [-0.4, -0.2) is 17.1 Å². The molecule has 0 amide bonds. The van der Waals surface area contributed by atoms with Crippen molar-refractivity contribution in [3.63, 3.8) is 0 Å². The SMILES string of the molecule is CC(C)[C@H](N)C(=O)O.O=c1ccoc2ccccc12. The fraction of sp³-hybridized carbons (Fsp3) is 0.286. The Hall–Kier alpha value is -2.14. The van der Waals surface area contributed by atoms with Crippen LogP contribution in [0.5, 0.6) is 0 Å². The van der Waals surface area contributed by atoms with Gasteiger partial charge in [0.2, 0.25) is 0 Å². The molecule has 3 N–H and O–H groups in total. The quantitative estimate of drug-likeness (QED) is 0.862. The molecule has 1 atom stereocenters. The Morgan fingerprint density at radius 2 is 1.89 bits per heavy atom. The van der Waals surface area contributed by atoms with Crippen molar-refractivity contribution in [2.24, 2.45) is 11.7 Å². The molecule has 0 saturated heterocycles. The zero-order chi connectivity index (χ0) is 14.4. The second-order valence-corrected chi connectivity index (χ2v) is 4.39. The summed E-state index contributed by atoms with van der Waals surface area (Å²) in [4.78, 5) is 21.1. The van der Waals surface area contributed by atoms with Gasteiger partial charge in [-0.3, -0.25) is 9.59 Å². The Morgan fingerprint density at radius 3 is 2.37 bits per heavy atom. The van der Waals surface area contributed by atoms with Crippen LogP contribution in [0.25, 0.3) is 11.0 Å². The Labute approximate surface area is 110 Å². The Balaban J connectivity index is 0.000000203. The maximum atomic E-state index is 11.1. The lowest BCUT2D eigenvalue weighted by atomic mass is 10.1. The molecule has 0 aliphatic heterocycles. The minimum Gasteiger partial charge on any atom is -0.480 e. The summed E-state index contributed by atoms with van der Waals surface area (Å²) >= 11 is 0. The van der Waals surface area contributed by atoms with Crippen LogP contribution < -0.4 is 11.2 Å². The van der Waals surface area contributed by atoms with E-state index >= 15 is 0 Å². The normalized spacial score (nSPS) is 11.8. The molecule has 102 valence electrons. The lowest BCUT2D eigenvalue weighted by Crippen LogP contribution is -2.34. The molecular formula is C14H17NO4. The van der Waals surface area contributed by atoms with Gasteiger partial charge in [-0.25, -0.2) is 0 Å². The van der Waals surface area contributed by atoms with Crippen molar-refractivity contribution in [2.75, 3.05) is 0 Å². The fourth-order valence-electron chi connectivity index (χ4n) is 1.32. The molecule has 0 unspecified atom stereocenters. The van der Waals surface area contributed by atoms with Gasteiger partial charge in [0, 0.05) is 6.07 Å². The first kappa shape index (κ1) is 14.9. The first-order valence-corrected chi connectivity index (χ1v) is 5.88. The monoisotopic (exact) mass is 263 g/mol. The van der Waals surface area contributed by atoms with Crippen LogP contribution in [0.15, 0.2) is 45.8 Å². The van der Waals surface area contributed by atoms with E-state index in [4.69, 9.17) is 15.3 Å². The standard InChI is InChI=1S/C9H6O2.C5H11NO2/c10-8-5-6-11-9-4-2-1-3-7(8)9;1-3(2)4(6)5(7)8/h1-6H;3-4H,6H2,1-2H3,(H,7,8)/t;4-/m.0/s1. The molecule has 1 aromatic carbocycles. The van der Waals surface area contributed by atoms with Gasteiger partial charge in [0.1, 0.15) is 11.6 Å². The molecule has 0 aliphatic carbocycles. The van der Waals surface area contributed by atoms with Crippen molar-refractivity contribution in [2.45, 2.75) is 19.9 Å². The minimum absolute atomic E-state index is 0.00634. The van der Waals surface area contributed by atoms with Gasteiger partial charge in [0.15, 0.2) is 5.43 Å². The van der Waals surface area contributed by atoms with Gasteiger partial charge in [0.05, 0.1) is 11.6 Å². The second kappa shape index (κ2) is 6.70. The molecule has 5 nitrogen and oxygen atoms in total. The zero-order valence-electron chi connectivity index (χ0n) is 10.9. The summed E-state index contributed by atoms with van der Waals surface area (Å²) < 4.78 is 5.09. The van der Waals surface area contributed by atoms with E-state index in [1.807, 2.05) is 12.1 Å². The highest BCUT2D eigenvalue weighted by atomic mass is 16.4. The number of hydrogen-bond acceptors (Lipinski definition) is 4. The lowest BCUT2D eigenvalue weighted by Gasteiger charge is -2.07. The third-order valence-corrected chi connectivity index (χ3v) is 2.57. The number of benzene rings is 1. The number of aliphatic carboxylic acids is 1. The van der Waals surface area contributed by atoms with Crippen LogP contribution in [-0.2, 0) is 4.79 Å². The highest BCUT2D eigenvalue weighted by Gasteiger charge is 2.14. The number of hydrogen-bond donors (Lipinski definition) is 2. The van der Waals surface area contributed by atoms with Crippen LogP contribution in [0.1, 0.15) is 13.8 Å². The van der Waals surface area contributed by atoms with Crippen molar-refractivity contribution in [3.05, 3.63) is 46.8 Å². The average molecular weight is 263 g/mol. The topological polar surface area (TPSA) is 93.5 Å². The zero-order valence-corrected chi connectivity index (χ0v) is 10.9. The Kier molecular flexibility index (Phi) is 5.26. The molecule has 19 heavy (non-hydrogen) atoms. The fourth-order valence-corrected chi connectivity index (χ4v) is 1.32. The molecule has 0 radical (unpaired) electrons. The van der Waals surface area contributed by atoms with Crippen molar-refractivity contribution in [3.8, 4) is 0 Å². The largest absolute Gasteiger partial charge is 0.480 e.